The normalized spacial score (nSPS) is 43.5. The lowest BCUT2D eigenvalue weighted by Crippen LogP contribution is -2.49. The van der Waals surface area contributed by atoms with Crippen molar-refractivity contribution in [2.45, 2.75) is 58.5 Å². The minimum Gasteiger partial charge on any atom is -0.390 e. The van der Waals surface area contributed by atoms with E-state index in [1.165, 1.54) is 6.42 Å². The average molecular weight is 222 g/mol. The fraction of sp³-hybridized carbons (Fsp3) is 0.786. The second-order valence-corrected chi connectivity index (χ2v) is 6.11. The minimum atomic E-state index is -0.595. The van der Waals surface area contributed by atoms with Gasteiger partial charge in [0.1, 0.15) is 0 Å². The second-order valence-electron chi connectivity index (χ2n) is 6.11. The summed E-state index contributed by atoms with van der Waals surface area (Å²) in [6, 6.07) is 0. The number of carbonyl (C=O) groups excluding carboxylic acids is 1. The van der Waals surface area contributed by atoms with Crippen molar-refractivity contribution in [1.29, 1.82) is 0 Å². The summed E-state index contributed by atoms with van der Waals surface area (Å²) in [6.45, 7) is 5.84. The van der Waals surface area contributed by atoms with E-state index in [2.05, 4.69) is 13.0 Å². The molecule has 3 atom stereocenters. The van der Waals surface area contributed by atoms with Gasteiger partial charge in [-0.05, 0) is 56.4 Å². The zero-order chi connectivity index (χ0) is 12.0. The first kappa shape index (κ1) is 11.8. The number of carbonyl (C=O) groups is 1. The zero-order valence-electron chi connectivity index (χ0n) is 10.5. The molecule has 2 rings (SSSR count). The molecular weight excluding hydrogens is 200 g/mol. The molecule has 2 nitrogen and oxygen atoms in total. The predicted molar refractivity (Wildman–Crippen MR) is 64.1 cm³/mol. The summed E-state index contributed by atoms with van der Waals surface area (Å²) in [4.78, 5) is 11.4. The number of Topliss-reactive ketones (excluding diaryl/α,β-unsaturated/α-hetero) is 1. The Morgan fingerprint density at radius 3 is 2.75 bits per heavy atom. The van der Waals surface area contributed by atoms with E-state index in [0.29, 0.717) is 0 Å². The predicted octanol–water partition coefficient (Wildman–Crippen LogP) is 2.85. The van der Waals surface area contributed by atoms with Crippen molar-refractivity contribution in [2.75, 3.05) is 0 Å². The van der Waals surface area contributed by atoms with Gasteiger partial charge in [-0.2, -0.15) is 0 Å². The standard InChI is InChI=1S/C14H22O2/c1-10(15)11-5-8-13(2)6-4-7-14(3,16)12(13)9-11/h5,12,16H,4,6-9H2,1-3H3/t12?,13-,14-/m0/s1. The lowest BCUT2D eigenvalue weighted by Gasteiger charge is -2.51. The molecule has 1 fully saturated rings. The van der Waals surface area contributed by atoms with Gasteiger partial charge < -0.3 is 5.11 Å². The van der Waals surface area contributed by atoms with Crippen molar-refractivity contribution < 1.29 is 9.90 Å². The second kappa shape index (κ2) is 3.69. The molecule has 1 saturated carbocycles. The molecule has 0 saturated heterocycles. The van der Waals surface area contributed by atoms with Gasteiger partial charge in [-0.25, -0.2) is 0 Å². The monoisotopic (exact) mass is 222 g/mol. The Morgan fingerprint density at radius 1 is 1.44 bits per heavy atom. The molecule has 0 aliphatic heterocycles. The Morgan fingerprint density at radius 2 is 2.12 bits per heavy atom. The van der Waals surface area contributed by atoms with Crippen LogP contribution in [0.25, 0.3) is 0 Å². The maximum Gasteiger partial charge on any atom is 0.155 e. The Bertz CT molecular complexity index is 341. The molecule has 90 valence electrons. The van der Waals surface area contributed by atoms with Gasteiger partial charge in [0.25, 0.3) is 0 Å². The quantitative estimate of drug-likeness (QED) is 0.740. The van der Waals surface area contributed by atoms with E-state index >= 15 is 0 Å². The summed E-state index contributed by atoms with van der Waals surface area (Å²) in [5.41, 5.74) is 0.521. The molecule has 0 radical (unpaired) electrons. The molecule has 0 heterocycles. The molecule has 0 amide bonds. The van der Waals surface area contributed by atoms with Crippen LogP contribution in [0.3, 0.4) is 0 Å². The molecule has 0 spiro atoms. The highest BCUT2D eigenvalue weighted by molar-refractivity contribution is 5.93. The smallest absolute Gasteiger partial charge is 0.155 e. The maximum atomic E-state index is 11.4. The molecule has 0 aromatic heterocycles. The molecule has 1 N–H and O–H groups in total. The number of ketones is 1. The summed E-state index contributed by atoms with van der Waals surface area (Å²) >= 11 is 0. The SMILES string of the molecule is CC(=O)C1=CC[C@]2(C)CCC[C@](C)(O)C2C1. The van der Waals surface area contributed by atoms with Crippen LogP contribution in [0.2, 0.25) is 0 Å². The third kappa shape index (κ3) is 1.84. The fourth-order valence-electron chi connectivity index (χ4n) is 3.61. The lowest BCUT2D eigenvalue weighted by molar-refractivity contribution is -0.117. The molecular formula is C14H22O2. The van der Waals surface area contributed by atoms with E-state index in [1.807, 2.05) is 6.92 Å². The van der Waals surface area contributed by atoms with E-state index < -0.39 is 5.60 Å². The maximum absolute atomic E-state index is 11.4. The third-order valence-electron chi connectivity index (χ3n) is 4.71. The van der Waals surface area contributed by atoms with Crippen LogP contribution in [0.4, 0.5) is 0 Å². The number of allylic oxidation sites excluding steroid dienone is 2. The third-order valence-corrected chi connectivity index (χ3v) is 4.71. The molecule has 0 aromatic rings. The number of hydrogen-bond donors (Lipinski definition) is 1. The van der Waals surface area contributed by atoms with Crippen LogP contribution in [0.1, 0.15) is 52.9 Å². The van der Waals surface area contributed by atoms with Gasteiger partial charge in [0, 0.05) is 0 Å². The average Bonchev–Trinajstić information content (AvgIpc) is 2.15. The number of aliphatic hydroxyl groups is 1. The van der Waals surface area contributed by atoms with Crippen LogP contribution in [-0.2, 0) is 4.79 Å². The van der Waals surface area contributed by atoms with Crippen molar-refractivity contribution in [2.24, 2.45) is 11.3 Å². The highest BCUT2D eigenvalue weighted by Crippen LogP contribution is 2.53. The Labute approximate surface area is 97.7 Å². The lowest BCUT2D eigenvalue weighted by atomic mass is 9.55. The number of fused-ring (bicyclic) bond motifs is 1. The fourth-order valence-corrected chi connectivity index (χ4v) is 3.61. The highest BCUT2D eigenvalue weighted by atomic mass is 16.3. The van der Waals surface area contributed by atoms with Gasteiger partial charge in [0.15, 0.2) is 5.78 Å². The van der Waals surface area contributed by atoms with Crippen molar-refractivity contribution in [1.82, 2.24) is 0 Å². The van der Waals surface area contributed by atoms with Gasteiger partial charge in [-0.1, -0.05) is 19.4 Å². The topological polar surface area (TPSA) is 37.3 Å². The van der Waals surface area contributed by atoms with Gasteiger partial charge in [-0.3, -0.25) is 4.79 Å². The molecule has 0 bridgehead atoms. The van der Waals surface area contributed by atoms with E-state index in [0.717, 1.165) is 31.3 Å². The van der Waals surface area contributed by atoms with E-state index in [9.17, 15) is 9.90 Å². The summed E-state index contributed by atoms with van der Waals surface area (Å²) in [5, 5.41) is 10.5. The van der Waals surface area contributed by atoms with Crippen LogP contribution >= 0.6 is 0 Å². The minimum absolute atomic E-state index is 0.170. The summed E-state index contributed by atoms with van der Waals surface area (Å²) in [6.07, 6.45) is 6.96. The Hall–Kier alpha value is -0.630. The summed E-state index contributed by atoms with van der Waals surface area (Å²) in [7, 11) is 0. The van der Waals surface area contributed by atoms with Crippen molar-refractivity contribution in [3.05, 3.63) is 11.6 Å². The molecule has 0 aromatic carbocycles. The highest BCUT2D eigenvalue weighted by Gasteiger charge is 2.49. The van der Waals surface area contributed by atoms with Gasteiger partial charge in [0.2, 0.25) is 0 Å². The van der Waals surface area contributed by atoms with Crippen LogP contribution in [-0.4, -0.2) is 16.5 Å². The number of rotatable bonds is 1. The van der Waals surface area contributed by atoms with Crippen molar-refractivity contribution >= 4 is 5.78 Å². The largest absolute Gasteiger partial charge is 0.390 e. The van der Waals surface area contributed by atoms with E-state index in [-0.39, 0.29) is 17.1 Å². The van der Waals surface area contributed by atoms with Crippen molar-refractivity contribution in [3.63, 3.8) is 0 Å². The molecule has 2 aliphatic carbocycles. The first-order chi connectivity index (χ1) is 7.35. The van der Waals surface area contributed by atoms with Crippen LogP contribution < -0.4 is 0 Å². The zero-order valence-corrected chi connectivity index (χ0v) is 10.5. The van der Waals surface area contributed by atoms with Crippen LogP contribution in [0.5, 0.6) is 0 Å². The van der Waals surface area contributed by atoms with Crippen LogP contribution in [0, 0.1) is 11.3 Å². The Kier molecular flexibility index (Phi) is 2.73. The Balaban J connectivity index is 2.30. The molecule has 2 heteroatoms. The van der Waals surface area contributed by atoms with Crippen molar-refractivity contribution in [3.8, 4) is 0 Å². The first-order valence-electron chi connectivity index (χ1n) is 6.27. The van der Waals surface area contributed by atoms with Crippen LogP contribution in [0.15, 0.2) is 11.6 Å². The molecule has 16 heavy (non-hydrogen) atoms. The van der Waals surface area contributed by atoms with Gasteiger partial charge in [-0.15, -0.1) is 0 Å². The number of hydrogen-bond acceptors (Lipinski definition) is 2. The summed E-state index contributed by atoms with van der Waals surface area (Å²) < 4.78 is 0. The van der Waals surface area contributed by atoms with E-state index in [1.54, 1.807) is 6.92 Å². The van der Waals surface area contributed by atoms with Gasteiger partial charge >= 0.3 is 0 Å². The molecule has 1 unspecified atom stereocenters. The summed E-state index contributed by atoms with van der Waals surface area (Å²) in [5.74, 6) is 0.418. The van der Waals surface area contributed by atoms with E-state index in [4.69, 9.17) is 0 Å². The first-order valence-corrected chi connectivity index (χ1v) is 6.27. The molecule has 2 aliphatic rings. The van der Waals surface area contributed by atoms with Gasteiger partial charge in [0.05, 0.1) is 5.60 Å².